The monoisotopic (exact) mass is 395 g/mol. The number of rotatable bonds is 6. The molecular formula is C22H22FN3O3. The van der Waals surface area contributed by atoms with Gasteiger partial charge in [0.1, 0.15) is 5.82 Å². The molecule has 2 aromatic carbocycles. The molecule has 0 atom stereocenters. The molecule has 0 aromatic heterocycles. The lowest BCUT2D eigenvalue weighted by Gasteiger charge is -2.14. The summed E-state index contributed by atoms with van der Waals surface area (Å²) in [4.78, 5) is 41.0. The van der Waals surface area contributed by atoms with Crippen LogP contribution in [0.2, 0.25) is 0 Å². The molecule has 0 spiro atoms. The van der Waals surface area contributed by atoms with E-state index in [9.17, 15) is 18.8 Å². The van der Waals surface area contributed by atoms with Gasteiger partial charge in [0.25, 0.3) is 17.7 Å². The molecule has 2 aromatic rings. The molecule has 150 valence electrons. The molecule has 0 saturated carbocycles. The van der Waals surface area contributed by atoms with E-state index in [1.807, 2.05) is 0 Å². The fourth-order valence-electron chi connectivity index (χ4n) is 3.85. The summed E-state index contributed by atoms with van der Waals surface area (Å²) < 4.78 is 14.1. The van der Waals surface area contributed by atoms with E-state index in [4.69, 9.17) is 0 Å². The number of carbonyl (C=O) groups excluding carboxylic acids is 3. The van der Waals surface area contributed by atoms with Crippen LogP contribution < -0.4 is 10.2 Å². The van der Waals surface area contributed by atoms with Gasteiger partial charge in [0.05, 0.1) is 16.8 Å². The largest absolute Gasteiger partial charge is 0.352 e. The van der Waals surface area contributed by atoms with Crippen LogP contribution in [0.4, 0.5) is 10.1 Å². The molecular weight excluding hydrogens is 373 g/mol. The SMILES string of the molecule is O=C(NCCCN1CCCC1)c1ccc2c(c1)C(=O)N(c1ccccc1F)C2=O. The first kappa shape index (κ1) is 19.3. The van der Waals surface area contributed by atoms with Crippen molar-refractivity contribution in [2.24, 2.45) is 0 Å². The number of anilines is 1. The Morgan fingerprint density at radius 3 is 2.48 bits per heavy atom. The first-order valence-corrected chi connectivity index (χ1v) is 9.84. The van der Waals surface area contributed by atoms with E-state index in [0.29, 0.717) is 12.1 Å². The van der Waals surface area contributed by atoms with E-state index in [1.165, 1.54) is 49.2 Å². The molecule has 1 N–H and O–H groups in total. The molecule has 2 aliphatic rings. The maximum Gasteiger partial charge on any atom is 0.266 e. The van der Waals surface area contributed by atoms with Crippen molar-refractivity contribution >= 4 is 23.4 Å². The van der Waals surface area contributed by atoms with E-state index in [-0.39, 0.29) is 22.7 Å². The summed E-state index contributed by atoms with van der Waals surface area (Å²) in [6.45, 7) is 3.73. The average Bonchev–Trinajstić information content (AvgIpc) is 3.33. The number of nitrogens with zero attached hydrogens (tertiary/aromatic N) is 2. The van der Waals surface area contributed by atoms with Crippen LogP contribution in [0.15, 0.2) is 42.5 Å². The molecule has 0 bridgehead atoms. The minimum absolute atomic E-state index is 0.0911. The fraction of sp³-hybridized carbons (Fsp3) is 0.318. The lowest BCUT2D eigenvalue weighted by molar-refractivity contribution is 0.0922. The Hall–Kier alpha value is -3.06. The molecule has 0 unspecified atom stereocenters. The number of fused-ring (bicyclic) bond motifs is 1. The van der Waals surface area contributed by atoms with Crippen LogP contribution in [0, 0.1) is 5.82 Å². The number of imide groups is 1. The molecule has 3 amide bonds. The molecule has 2 heterocycles. The van der Waals surface area contributed by atoms with Crippen LogP contribution in [0.25, 0.3) is 0 Å². The Bertz CT molecular complexity index is 970. The normalized spacial score (nSPS) is 16.4. The summed E-state index contributed by atoms with van der Waals surface area (Å²) in [5.41, 5.74) is 0.500. The summed E-state index contributed by atoms with van der Waals surface area (Å²) in [6, 6.07) is 10.0. The molecule has 4 rings (SSSR count). The first-order valence-electron chi connectivity index (χ1n) is 9.84. The summed E-state index contributed by atoms with van der Waals surface area (Å²) in [6.07, 6.45) is 3.32. The van der Waals surface area contributed by atoms with Gasteiger partial charge in [0.2, 0.25) is 0 Å². The lowest BCUT2D eigenvalue weighted by Crippen LogP contribution is -2.30. The van der Waals surface area contributed by atoms with Gasteiger partial charge in [-0.25, -0.2) is 9.29 Å². The van der Waals surface area contributed by atoms with Gasteiger partial charge in [0.15, 0.2) is 0 Å². The smallest absolute Gasteiger partial charge is 0.266 e. The number of para-hydroxylation sites is 1. The van der Waals surface area contributed by atoms with Gasteiger partial charge >= 0.3 is 0 Å². The molecule has 1 fully saturated rings. The molecule has 0 radical (unpaired) electrons. The van der Waals surface area contributed by atoms with Crippen molar-refractivity contribution in [2.45, 2.75) is 19.3 Å². The van der Waals surface area contributed by atoms with Crippen molar-refractivity contribution in [3.63, 3.8) is 0 Å². The van der Waals surface area contributed by atoms with Gasteiger partial charge in [-0.05, 0) is 69.2 Å². The van der Waals surface area contributed by atoms with Crippen LogP contribution in [-0.2, 0) is 0 Å². The number of likely N-dealkylation sites (tertiary alicyclic amines) is 1. The molecule has 6 nitrogen and oxygen atoms in total. The third-order valence-corrected chi connectivity index (χ3v) is 5.38. The topological polar surface area (TPSA) is 69.7 Å². The van der Waals surface area contributed by atoms with Crippen molar-refractivity contribution in [1.29, 1.82) is 0 Å². The Kier molecular flexibility index (Phi) is 5.40. The highest BCUT2D eigenvalue weighted by molar-refractivity contribution is 6.34. The van der Waals surface area contributed by atoms with Gasteiger partial charge in [-0.2, -0.15) is 0 Å². The lowest BCUT2D eigenvalue weighted by atomic mass is 10.1. The number of hydrogen-bond donors (Lipinski definition) is 1. The Morgan fingerprint density at radius 1 is 1.00 bits per heavy atom. The summed E-state index contributed by atoms with van der Waals surface area (Å²) in [5, 5.41) is 2.86. The van der Waals surface area contributed by atoms with Crippen LogP contribution in [0.3, 0.4) is 0 Å². The maximum atomic E-state index is 14.1. The highest BCUT2D eigenvalue weighted by Gasteiger charge is 2.38. The van der Waals surface area contributed by atoms with Gasteiger partial charge in [-0.3, -0.25) is 14.4 Å². The Balaban J connectivity index is 1.44. The van der Waals surface area contributed by atoms with Gasteiger partial charge in [0, 0.05) is 12.1 Å². The van der Waals surface area contributed by atoms with Crippen LogP contribution in [0.1, 0.15) is 50.3 Å². The minimum Gasteiger partial charge on any atom is -0.352 e. The number of carbonyl (C=O) groups is 3. The quantitative estimate of drug-likeness (QED) is 0.603. The van der Waals surface area contributed by atoms with Gasteiger partial charge in [-0.15, -0.1) is 0 Å². The number of nitrogens with one attached hydrogen (secondary N) is 1. The van der Waals surface area contributed by atoms with Crippen LogP contribution in [0.5, 0.6) is 0 Å². The van der Waals surface area contributed by atoms with Crippen molar-refractivity contribution in [3.8, 4) is 0 Å². The third kappa shape index (κ3) is 3.78. The zero-order valence-electron chi connectivity index (χ0n) is 16.0. The van der Waals surface area contributed by atoms with Gasteiger partial charge in [-0.1, -0.05) is 12.1 Å². The third-order valence-electron chi connectivity index (χ3n) is 5.38. The van der Waals surface area contributed by atoms with E-state index in [1.54, 1.807) is 6.07 Å². The molecule has 7 heteroatoms. The van der Waals surface area contributed by atoms with E-state index in [2.05, 4.69) is 10.2 Å². The molecule has 2 aliphatic heterocycles. The minimum atomic E-state index is -0.655. The second-order valence-corrected chi connectivity index (χ2v) is 7.32. The second kappa shape index (κ2) is 8.13. The first-order chi connectivity index (χ1) is 14.1. The zero-order valence-corrected chi connectivity index (χ0v) is 16.0. The number of hydrogen-bond acceptors (Lipinski definition) is 4. The predicted octanol–water partition coefficient (Wildman–Crippen LogP) is 2.84. The fourth-order valence-corrected chi connectivity index (χ4v) is 3.85. The number of halogens is 1. The number of benzene rings is 2. The van der Waals surface area contributed by atoms with Crippen molar-refractivity contribution in [3.05, 3.63) is 65.0 Å². The van der Waals surface area contributed by atoms with Crippen LogP contribution >= 0.6 is 0 Å². The molecule has 29 heavy (non-hydrogen) atoms. The zero-order chi connectivity index (χ0) is 20.4. The maximum absolute atomic E-state index is 14.1. The van der Waals surface area contributed by atoms with Crippen LogP contribution in [-0.4, -0.2) is 48.8 Å². The highest BCUT2D eigenvalue weighted by atomic mass is 19.1. The summed E-state index contributed by atoms with van der Waals surface area (Å²) >= 11 is 0. The number of amides is 3. The molecule has 1 saturated heterocycles. The Labute approximate surface area is 168 Å². The van der Waals surface area contributed by atoms with E-state index < -0.39 is 17.6 Å². The van der Waals surface area contributed by atoms with Gasteiger partial charge < -0.3 is 10.2 Å². The average molecular weight is 395 g/mol. The van der Waals surface area contributed by atoms with Crippen molar-refractivity contribution in [2.75, 3.05) is 31.1 Å². The van der Waals surface area contributed by atoms with E-state index in [0.717, 1.165) is 31.0 Å². The summed E-state index contributed by atoms with van der Waals surface area (Å²) in [7, 11) is 0. The van der Waals surface area contributed by atoms with E-state index >= 15 is 0 Å². The van der Waals surface area contributed by atoms with Crippen molar-refractivity contribution < 1.29 is 18.8 Å². The summed E-state index contributed by atoms with van der Waals surface area (Å²) in [5.74, 6) is -2.16. The molecule has 0 aliphatic carbocycles. The van der Waals surface area contributed by atoms with Crippen molar-refractivity contribution in [1.82, 2.24) is 10.2 Å². The standard InChI is InChI=1S/C22H22FN3O3/c23-18-6-1-2-7-19(18)26-21(28)16-9-8-15(14-17(16)22(26)29)20(27)24-10-5-13-25-11-3-4-12-25/h1-2,6-9,14H,3-5,10-13H2,(H,24,27). The Morgan fingerprint density at radius 2 is 1.72 bits per heavy atom. The predicted molar refractivity (Wildman–Crippen MR) is 107 cm³/mol. The highest BCUT2D eigenvalue weighted by Crippen LogP contribution is 2.30. The second-order valence-electron chi connectivity index (χ2n) is 7.32.